The molecule has 0 aliphatic carbocycles. The van der Waals surface area contributed by atoms with Gasteiger partial charge in [0.15, 0.2) is 0 Å². The Kier molecular flexibility index (Phi) is 9.77. The van der Waals surface area contributed by atoms with Crippen LogP contribution in [0.25, 0.3) is 0 Å². The van der Waals surface area contributed by atoms with Crippen molar-refractivity contribution in [1.29, 1.82) is 0 Å². The molecule has 23 heavy (non-hydrogen) atoms. The van der Waals surface area contributed by atoms with E-state index < -0.39 is 17.0 Å². The van der Waals surface area contributed by atoms with Crippen LogP contribution in [0.2, 0.25) is 0 Å². The second kappa shape index (κ2) is 10.7. The third-order valence-electron chi connectivity index (χ3n) is 3.17. The molecule has 1 atom stereocenters. The number of phenolic OH excluding ortho intramolecular Hbond substituents is 1. The van der Waals surface area contributed by atoms with E-state index in [1.807, 2.05) is 6.07 Å². The molecule has 0 saturated carbocycles. The van der Waals surface area contributed by atoms with Crippen molar-refractivity contribution in [2.24, 2.45) is 0 Å². The van der Waals surface area contributed by atoms with E-state index in [0.717, 1.165) is 11.8 Å². The second-order valence-corrected chi connectivity index (χ2v) is 9.52. The average molecular weight is 406 g/mol. The number of nitrogens with zero attached hydrogens (tertiary/aromatic N) is 1. The molecule has 0 radical (unpaired) electrons. The zero-order valence-electron chi connectivity index (χ0n) is 13.8. The van der Waals surface area contributed by atoms with Crippen LogP contribution in [-0.2, 0) is 23.6 Å². The zero-order chi connectivity index (χ0) is 17.4. The van der Waals surface area contributed by atoms with Gasteiger partial charge in [0, 0.05) is 11.8 Å². The number of benzene rings is 2. The van der Waals surface area contributed by atoms with Crippen LogP contribution >= 0.6 is 27.2 Å². The fourth-order valence-corrected chi connectivity index (χ4v) is 3.49. The number of aromatic hydroxyl groups is 1. The van der Waals surface area contributed by atoms with Gasteiger partial charge in [0.05, 0.1) is 0 Å². The van der Waals surface area contributed by atoms with E-state index in [1.165, 1.54) is 22.0 Å². The van der Waals surface area contributed by atoms with Crippen molar-refractivity contribution in [1.82, 2.24) is 4.90 Å². The average Bonchev–Trinajstić information content (AvgIpc) is 2.46. The predicted molar refractivity (Wildman–Crippen MR) is 101 cm³/mol. The minimum atomic E-state index is -0.556. The Morgan fingerprint density at radius 1 is 1.00 bits per heavy atom. The van der Waals surface area contributed by atoms with Crippen LogP contribution in [0.1, 0.15) is 16.7 Å². The van der Waals surface area contributed by atoms with Gasteiger partial charge in [-0.05, 0) is 50.9 Å². The molecule has 1 unspecified atom stereocenters. The Labute approximate surface area is 157 Å². The van der Waals surface area contributed by atoms with Gasteiger partial charge in [0.1, 0.15) is 5.75 Å². The maximum atomic E-state index is 10.0. The van der Waals surface area contributed by atoms with Gasteiger partial charge in [-0.2, -0.15) is 0 Å². The summed E-state index contributed by atoms with van der Waals surface area (Å²) in [5.41, 5.74) is 3.81. The first-order chi connectivity index (χ1) is 10.9. The van der Waals surface area contributed by atoms with E-state index in [2.05, 4.69) is 57.1 Å². The standard InChI is InChI=1S/C17H22NOP.2ClH.Ti/c1-12-6-8-16(14(9-12)11-18(3)4)20-17-10-13(2)5-7-15(17)19;;;/h5-10,19-20H,11H2,1-4H3;2*1H;/q;;;+2/p-2. The van der Waals surface area contributed by atoms with Gasteiger partial charge < -0.3 is 10.0 Å². The molecule has 0 saturated heterocycles. The molecule has 0 aliphatic heterocycles. The maximum absolute atomic E-state index is 10.0. The van der Waals surface area contributed by atoms with Gasteiger partial charge >= 0.3 is 35.6 Å². The molecule has 2 aromatic rings. The monoisotopic (exact) mass is 405 g/mol. The van der Waals surface area contributed by atoms with Gasteiger partial charge in [-0.3, -0.25) is 0 Å². The summed E-state index contributed by atoms with van der Waals surface area (Å²) >= 11 is -0.556. The molecule has 2 nitrogen and oxygen atoms in total. The molecule has 0 heterocycles. The molecule has 1 N–H and O–H groups in total. The molecular formula is C17H22Cl2NOPTi. The van der Waals surface area contributed by atoms with Gasteiger partial charge in [-0.25, -0.2) is 0 Å². The molecule has 0 spiro atoms. The predicted octanol–water partition coefficient (Wildman–Crippen LogP) is 4.08. The minimum absolute atomic E-state index is 0.394. The van der Waals surface area contributed by atoms with Crippen LogP contribution in [0.5, 0.6) is 5.75 Å². The first-order valence-electron chi connectivity index (χ1n) is 7.14. The number of phenols is 1. The van der Waals surface area contributed by atoms with Crippen molar-refractivity contribution in [2.75, 3.05) is 14.1 Å². The van der Waals surface area contributed by atoms with Crippen LogP contribution in [0.15, 0.2) is 36.4 Å². The molecule has 0 aliphatic rings. The van der Waals surface area contributed by atoms with Crippen molar-refractivity contribution >= 4 is 37.8 Å². The van der Waals surface area contributed by atoms with Crippen molar-refractivity contribution in [2.45, 2.75) is 20.4 Å². The van der Waals surface area contributed by atoms with Crippen LogP contribution < -0.4 is 10.6 Å². The number of halogens is 2. The van der Waals surface area contributed by atoms with Crippen LogP contribution in [0.4, 0.5) is 0 Å². The van der Waals surface area contributed by atoms with Crippen LogP contribution in [0, 0.1) is 13.8 Å². The molecule has 2 rings (SSSR count). The topological polar surface area (TPSA) is 23.5 Å². The summed E-state index contributed by atoms with van der Waals surface area (Å²) in [4.78, 5) is 2.18. The first kappa shape index (κ1) is 21.0. The van der Waals surface area contributed by atoms with Gasteiger partial charge in [-0.15, -0.1) is 0 Å². The summed E-state index contributed by atoms with van der Waals surface area (Å²) in [6.45, 7) is 5.11. The third kappa shape index (κ3) is 7.56. The van der Waals surface area contributed by atoms with E-state index in [9.17, 15) is 5.11 Å². The van der Waals surface area contributed by atoms with Gasteiger partial charge in [0.25, 0.3) is 0 Å². The van der Waals surface area contributed by atoms with Crippen molar-refractivity contribution in [3.63, 3.8) is 0 Å². The van der Waals surface area contributed by atoms with Gasteiger partial charge in [0.2, 0.25) is 0 Å². The molecule has 0 fully saturated rings. The Morgan fingerprint density at radius 2 is 1.57 bits per heavy atom. The fraction of sp³-hybridized carbons (Fsp3) is 0.294. The van der Waals surface area contributed by atoms with E-state index in [4.69, 9.17) is 18.6 Å². The normalized spacial score (nSPS) is 10.7. The molecular weight excluding hydrogens is 384 g/mol. The summed E-state index contributed by atoms with van der Waals surface area (Å²) in [5, 5.41) is 12.4. The van der Waals surface area contributed by atoms with E-state index in [-0.39, 0.29) is 0 Å². The van der Waals surface area contributed by atoms with Crippen molar-refractivity contribution in [3.05, 3.63) is 53.1 Å². The Hall–Kier alpha value is -0.0757. The van der Waals surface area contributed by atoms with Gasteiger partial charge in [-0.1, -0.05) is 44.0 Å². The van der Waals surface area contributed by atoms with Crippen LogP contribution in [-0.4, -0.2) is 24.1 Å². The first-order valence-corrected chi connectivity index (χ1v) is 12.4. The fourth-order valence-electron chi connectivity index (χ4n) is 2.21. The Balaban J connectivity index is 0.000000816. The Morgan fingerprint density at radius 3 is 2.17 bits per heavy atom. The van der Waals surface area contributed by atoms with E-state index >= 15 is 0 Å². The molecule has 124 valence electrons. The number of aryl methyl sites for hydroxylation is 2. The molecule has 0 bridgehead atoms. The van der Waals surface area contributed by atoms with Crippen molar-refractivity contribution < 1.29 is 22.1 Å². The molecule has 6 heteroatoms. The zero-order valence-corrected chi connectivity index (χ0v) is 17.9. The summed E-state index contributed by atoms with van der Waals surface area (Å²) in [6.07, 6.45) is 0. The van der Waals surface area contributed by atoms with Crippen molar-refractivity contribution in [3.8, 4) is 5.75 Å². The quantitative estimate of drug-likeness (QED) is 0.612. The number of hydrogen-bond acceptors (Lipinski definition) is 2. The summed E-state index contributed by atoms with van der Waals surface area (Å²) < 4.78 is 0. The number of hydrogen-bond donors (Lipinski definition) is 1. The third-order valence-corrected chi connectivity index (χ3v) is 4.60. The van der Waals surface area contributed by atoms with E-state index in [0.29, 0.717) is 14.3 Å². The molecule has 0 amide bonds. The molecule has 2 aromatic carbocycles. The second-order valence-electron chi connectivity index (χ2n) is 5.62. The summed E-state index contributed by atoms with van der Waals surface area (Å²) in [5.74, 6) is 0.394. The van der Waals surface area contributed by atoms with E-state index in [1.54, 1.807) is 6.07 Å². The number of rotatable bonds is 4. The SMILES string of the molecule is Cc1ccc(Pc2cc(C)ccc2O)c(CN(C)C)c1.[Cl][Ti][Cl]. The Bertz CT molecular complexity index is 638. The summed E-state index contributed by atoms with van der Waals surface area (Å²) in [6, 6.07) is 12.4. The molecule has 0 aromatic heterocycles. The summed E-state index contributed by atoms with van der Waals surface area (Å²) in [7, 11) is 14.4. The van der Waals surface area contributed by atoms with Crippen LogP contribution in [0.3, 0.4) is 0 Å².